The molecule has 0 radical (unpaired) electrons. The minimum Gasteiger partial charge on any atom is -0.487 e. The van der Waals surface area contributed by atoms with E-state index in [1.165, 1.54) is 11.1 Å². The van der Waals surface area contributed by atoms with Gasteiger partial charge in [-0.05, 0) is 49.4 Å². The number of imidazole rings is 1. The fourth-order valence-electron chi connectivity index (χ4n) is 4.33. The first-order valence-corrected chi connectivity index (χ1v) is 9.93. The highest BCUT2D eigenvalue weighted by atomic mass is 16.5. The molecule has 2 aliphatic rings. The number of carboxylic acids is 1. The highest BCUT2D eigenvalue weighted by Gasteiger charge is 2.41. The van der Waals surface area contributed by atoms with Gasteiger partial charge in [0.25, 0.3) is 0 Å². The number of hydrogen-bond acceptors (Lipinski definition) is 5. The van der Waals surface area contributed by atoms with Crippen molar-refractivity contribution >= 4 is 5.97 Å². The molecule has 0 amide bonds. The highest BCUT2D eigenvalue weighted by molar-refractivity contribution is 5.69. The number of nitrogens with zero attached hydrogens (tertiary/aromatic N) is 3. The second kappa shape index (κ2) is 7.93. The van der Waals surface area contributed by atoms with Crippen LogP contribution in [0.1, 0.15) is 36.6 Å². The Morgan fingerprint density at radius 3 is 2.93 bits per heavy atom. The Bertz CT molecular complexity index is 840. The van der Waals surface area contributed by atoms with Gasteiger partial charge in [0.05, 0.1) is 37.0 Å². The van der Waals surface area contributed by atoms with Crippen LogP contribution in [0.25, 0.3) is 0 Å². The summed E-state index contributed by atoms with van der Waals surface area (Å²) < 4.78 is 14.3. The van der Waals surface area contributed by atoms with Gasteiger partial charge in [0, 0.05) is 19.6 Å². The first kappa shape index (κ1) is 19.0. The monoisotopic (exact) mass is 385 g/mol. The van der Waals surface area contributed by atoms with E-state index in [-0.39, 0.29) is 12.1 Å². The zero-order chi connectivity index (χ0) is 19.6. The Kier molecular flexibility index (Phi) is 5.37. The molecule has 3 heterocycles. The van der Waals surface area contributed by atoms with Crippen LogP contribution in [0.3, 0.4) is 0 Å². The summed E-state index contributed by atoms with van der Waals surface area (Å²) in [5.74, 6) is 0.0927. The molecule has 0 aliphatic carbocycles. The molecule has 0 saturated carbocycles. The van der Waals surface area contributed by atoms with Crippen molar-refractivity contribution in [3.8, 4) is 5.75 Å². The maximum atomic E-state index is 11.0. The van der Waals surface area contributed by atoms with E-state index in [1.807, 2.05) is 23.5 Å². The van der Waals surface area contributed by atoms with E-state index in [0.29, 0.717) is 13.2 Å². The number of aliphatic carboxylic acids is 1. The number of fused-ring (bicyclic) bond motifs is 2. The van der Waals surface area contributed by atoms with Gasteiger partial charge < -0.3 is 19.1 Å². The number of ether oxygens (including phenoxy) is 2. The minimum absolute atomic E-state index is 0.101. The lowest BCUT2D eigenvalue weighted by atomic mass is 9.79. The van der Waals surface area contributed by atoms with Gasteiger partial charge in [-0.1, -0.05) is 6.07 Å². The molecule has 1 aromatic heterocycles. The molecule has 7 heteroatoms. The van der Waals surface area contributed by atoms with Crippen molar-refractivity contribution < 1.29 is 19.4 Å². The largest absolute Gasteiger partial charge is 0.487 e. The van der Waals surface area contributed by atoms with E-state index >= 15 is 0 Å². The maximum absolute atomic E-state index is 11.0. The second-order valence-corrected chi connectivity index (χ2v) is 7.54. The van der Waals surface area contributed by atoms with Crippen LogP contribution < -0.4 is 4.74 Å². The summed E-state index contributed by atoms with van der Waals surface area (Å²) in [6.07, 6.45) is 6.19. The first-order chi connectivity index (χ1) is 13.6. The summed E-state index contributed by atoms with van der Waals surface area (Å²) in [6, 6.07) is 6.29. The van der Waals surface area contributed by atoms with Gasteiger partial charge in [-0.2, -0.15) is 0 Å². The molecule has 1 spiro atoms. The van der Waals surface area contributed by atoms with Gasteiger partial charge in [-0.3, -0.25) is 9.69 Å². The summed E-state index contributed by atoms with van der Waals surface area (Å²) in [7, 11) is 0. The third-order valence-corrected chi connectivity index (χ3v) is 5.87. The first-order valence-electron chi connectivity index (χ1n) is 9.93. The summed E-state index contributed by atoms with van der Waals surface area (Å²) >= 11 is 0. The Morgan fingerprint density at radius 2 is 2.18 bits per heavy atom. The number of aryl methyl sites for hydroxylation is 1. The summed E-state index contributed by atoms with van der Waals surface area (Å²) in [4.78, 5) is 17.1. The zero-order valence-corrected chi connectivity index (χ0v) is 16.3. The van der Waals surface area contributed by atoms with Crippen molar-refractivity contribution in [2.75, 3.05) is 26.2 Å². The van der Waals surface area contributed by atoms with Crippen molar-refractivity contribution in [2.45, 2.75) is 44.9 Å². The number of carbonyl (C=O) groups is 1. The summed E-state index contributed by atoms with van der Waals surface area (Å²) in [5, 5.41) is 9.02. The molecule has 2 aromatic rings. The highest BCUT2D eigenvalue weighted by Crippen LogP contribution is 2.42. The third-order valence-electron chi connectivity index (χ3n) is 5.87. The molecule has 7 nitrogen and oxygen atoms in total. The smallest absolute Gasteiger partial charge is 0.317 e. The van der Waals surface area contributed by atoms with Crippen LogP contribution in [0.15, 0.2) is 30.7 Å². The average Bonchev–Trinajstić information content (AvgIpc) is 3.16. The number of likely N-dealkylation sites (tertiary alicyclic amines) is 1. The Hall–Kier alpha value is -2.38. The molecular weight excluding hydrogens is 358 g/mol. The third kappa shape index (κ3) is 3.77. The normalized spacial score (nSPS) is 18.8. The number of aromatic nitrogens is 2. The molecule has 150 valence electrons. The van der Waals surface area contributed by atoms with Crippen molar-refractivity contribution in [3.63, 3.8) is 0 Å². The topological polar surface area (TPSA) is 76.8 Å². The van der Waals surface area contributed by atoms with Crippen LogP contribution in [0.5, 0.6) is 5.75 Å². The van der Waals surface area contributed by atoms with Gasteiger partial charge in [-0.15, -0.1) is 0 Å². The van der Waals surface area contributed by atoms with Crippen LogP contribution in [0, 0.1) is 0 Å². The lowest BCUT2D eigenvalue weighted by Gasteiger charge is -2.44. The quantitative estimate of drug-likeness (QED) is 0.823. The van der Waals surface area contributed by atoms with E-state index in [9.17, 15) is 4.79 Å². The Morgan fingerprint density at radius 1 is 1.36 bits per heavy atom. The van der Waals surface area contributed by atoms with Crippen molar-refractivity contribution in [3.05, 3.63) is 47.5 Å². The molecular formula is C21H27N3O4. The molecule has 4 rings (SSSR count). The summed E-state index contributed by atoms with van der Waals surface area (Å²) in [6.45, 7) is 5.74. The molecule has 0 atom stereocenters. The Balaban J connectivity index is 1.46. The van der Waals surface area contributed by atoms with E-state index in [1.54, 1.807) is 0 Å². The molecule has 0 unspecified atom stereocenters. The Labute approximate surface area is 164 Å². The molecule has 1 aromatic carbocycles. The molecule has 1 saturated heterocycles. The summed E-state index contributed by atoms with van der Waals surface area (Å²) in [5.41, 5.74) is 3.28. The van der Waals surface area contributed by atoms with Crippen LogP contribution >= 0.6 is 0 Å². The van der Waals surface area contributed by atoms with Crippen molar-refractivity contribution in [1.82, 2.24) is 14.5 Å². The van der Waals surface area contributed by atoms with E-state index in [2.05, 4.69) is 28.6 Å². The lowest BCUT2D eigenvalue weighted by Crippen LogP contribution is -2.47. The molecule has 1 fully saturated rings. The molecule has 0 bridgehead atoms. The van der Waals surface area contributed by atoms with Gasteiger partial charge >= 0.3 is 5.97 Å². The lowest BCUT2D eigenvalue weighted by molar-refractivity contribution is -0.141. The average molecular weight is 385 g/mol. The molecule has 2 aliphatic heterocycles. The molecule has 1 N–H and O–H groups in total. The standard InChI is InChI=1S/C21H27N3O4/c1-2-24-15-22-12-17(24)14-27-18-3-4-19-16(11-18)5-10-28-21(19)6-8-23(9-7-21)13-20(25)26/h3-4,11-12,15H,2,5-10,13-14H2,1H3,(H,25,26). The van der Waals surface area contributed by atoms with Gasteiger partial charge in [0.1, 0.15) is 12.4 Å². The van der Waals surface area contributed by atoms with Crippen molar-refractivity contribution in [2.24, 2.45) is 0 Å². The number of benzene rings is 1. The van der Waals surface area contributed by atoms with Crippen molar-refractivity contribution in [1.29, 1.82) is 0 Å². The fourth-order valence-corrected chi connectivity index (χ4v) is 4.33. The number of hydrogen-bond donors (Lipinski definition) is 1. The van der Waals surface area contributed by atoms with E-state index in [4.69, 9.17) is 14.6 Å². The second-order valence-electron chi connectivity index (χ2n) is 7.54. The van der Waals surface area contributed by atoms with Gasteiger partial charge in [-0.25, -0.2) is 4.98 Å². The van der Waals surface area contributed by atoms with Gasteiger partial charge in [0.15, 0.2) is 0 Å². The number of carboxylic acid groups (broad SMARTS) is 1. The maximum Gasteiger partial charge on any atom is 0.317 e. The number of rotatable bonds is 6. The number of piperidine rings is 1. The van der Waals surface area contributed by atoms with Crippen LogP contribution in [0.2, 0.25) is 0 Å². The van der Waals surface area contributed by atoms with E-state index in [0.717, 1.165) is 50.3 Å². The predicted octanol–water partition coefficient (Wildman–Crippen LogP) is 2.43. The zero-order valence-electron chi connectivity index (χ0n) is 16.3. The van der Waals surface area contributed by atoms with Crippen LogP contribution in [-0.2, 0) is 34.7 Å². The van der Waals surface area contributed by atoms with Crippen LogP contribution in [-0.4, -0.2) is 51.8 Å². The fraction of sp³-hybridized carbons (Fsp3) is 0.524. The predicted molar refractivity (Wildman–Crippen MR) is 103 cm³/mol. The minimum atomic E-state index is -0.771. The van der Waals surface area contributed by atoms with E-state index < -0.39 is 5.97 Å². The SMILES string of the molecule is CCn1cncc1COc1ccc2c(c1)CCOC21CCN(CC(=O)O)CC1. The van der Waals surface area contributed by atoms with Gasteiger partial charge in [0.2, 0.25) is 0 Å². The van der Waals surface area contributed by atoms with Crippen LogP contribution in [0.4, 0.5) is 0 Å². The molecule has 28 heavy (non-hydrogen) atoms.